The summed E-state index contributed by atoms with van der Waals surface area (Å²) in [5, 5.41) is 7.11. The lowest BCUT2D eigenvalue weighted by Gasteiger charge is -2.39. The Morgan fingerprint density at radius 3 is 2.78 bits per heavy atom. The number of nitrogens with zero attached hydrogens (tertiary/aromatic N) is 3. The number of methoxy groups -OCH3 is 1. The molecule has 2 aromatic rings. The molecule has 2 amide bonds. The van der Waals surface area contributed by atoms with Crippen LogP contribution in [0.3, 0.4) is 0 Å². The second-order valence-electron chi connectivity index (χ2n) is 7.00. The van der Waals surface area contributed by atoms with Crippen molar-refractivity contribution in [1.82, 2.24) is 15.1 Å². The van der Waals surface area contributed by atoms with Crippen molar-refractivity contribution in [3.63, 3.8) is 0 Å². The van der Waals surface area contributed by atoms with Gasteiger partial charge in [0.2, 0.25) is 11.8 Å². The van der Waals surface area contributed by atoms with Crippen LogP contribution in [0, 0.1) is 13.8 Å². The van der Waals surface area contributed by atoms with E-state index < -0.39 is 0 Å². The number of hydrogen-bond acceptors (Lipinski definition) is 4. The number of aromatic amines is 1. The third-order valence-electron chi connectivity index (χ3n) is 5.07. The van der Waals surface area contributed by atoms with Crippen molar-refractivity contribution >= 4 is 17.5 Å². The number of rotatable bonds is 5. The lowest BCUT2D eigenvalue weighted by atomic mass is 10.1. The topological polar surface area (TPSA) is 78.5 Å². The molecule has 144 valence electrons. The van der Waals surface area contributed by atoms with E-state index in [0.717, 1.165) is 22.6 Å². The van der Waals surface area contributed by atoms with Gasteiger partial charge in [0.05, 0.1) is 18.8 Å². The second-order valence-corrected chi connectivity index (χ2v) is 7.00. The van der Waals surface area contributed by atoms with Crippen LogP contribution in [0.5, 0.6) is 5.75 Å². The van der Waals surface area contributed by atoms with Crippen molar-refractivity contribution in [2.24, 2.45) is 0 Å². The molecule has 1 fully saturated rings. The van der Waals surface area contributed by atoms with Gasteiger partial charge >= 0.3 is 0 Å². The van der Waals surface area contributed by atoms with Crippen molar-refractivity contribution in [1.29, 1.82) is 0 Å². The number of aromatic nitrogens is 2. The maximum Gasteiger partial charge on any atom is 0.246 e. The van der Waals surface area contributed by atoms with Crippen LogP contribution in [-0.2, 0) is 16.0 Å². The second kappa shape index (κ2) is 7.82. The van der Waals surface area contributed by atoms with Crippen LogP contribution in [-0.4, -0.2) is 53.2 Å². The molecule has 0 aliphatic carbocycles. The summed E-state index contributed by atoms with van der Waals surface area (Å²) in [6.45, 7) is 6.47. The van der Waals surface area contributed by atoms with E-state index in [-0.39, 0.29) is 24.4 Å². The van der Waals surface area contributed by atoms with Gasteiger partial charge in [0, 0.05) is 30.4 Å². The minimum Gasteiger partial charge on any atom is -0.497 e. The molecule has 3 rings (SSSR count). The third kappa shape index (κ3) is 3.97. The van der Waals surface area contributed by atoms with E-state index in [4.69, 9.17) is 4.74 Å². The number of hydrogen-bond donors (Lipinski definition) is 1. The molecule has 0 bridgehead atoms. The fourth-order valence-electron chi connectivity index (χ4n) is 3.63. The lowest BCUT2D eigenvalue weighted by molar-refractivity contribution is -0.137. The SMILES string of the molecule is COc1cccc(N2C(=O)CN(C(=O)CCc3c(C)n[nH]c3C)CC2C)c1. The van der Waals surface area contributed by atoms with Gasteiger partial charge in [0.25, 0.3) is 0 Å². The third-order valence-corrected chi connectivity index (χ3v) is 5.07. The molecular formula is C20H26N4O3. The summed E-state index contributed by atoms with van der Waals surface area (Å²) in [6, 6.07) is 7.34. The van der Waals surface area contributed by atoms with Gasteiger partial charge < -0.3 is 14.5 Å². The van der Waals surface area contributed by atoms with Crippen molar-refractivity contribution in [2.75, 3.05) is 25.1 Å². The number of amides is 2. The maximum atomic E-state index is 12.7. The fourth-order valence-corrected chi connectivity index (χ4v) is 3.63. The molecule has 7 heteroatoms. The van der Waals surface area contributed by atoms with E-state index in [0.29, 0.717) is 25.1 Å². The van der Waals surface area contributed by atoms with Gasteiger partial charge in [-0.3, -0.25) is 14.7 Å². The lowest BCUT2D eigenvalue weighted by Crippen LogP contribution is -2.57. The maximum absolute atomic E-state index is 12.7. The minimum atomic E-state index is -0.0975. The number of ether oxygens (including phenoxy) is 1. The first-order valence-corrected chi connectivity index (χ1v) is 9.15. The van der Waals surface area contributed by atoms with Crippen LogP contribution in [0.15, 0.2) is 24.3 Å². The number of aryl methyl sites for hydroxylation is 2. The highest BCUT2D eigenvalue weighted by molar-refractivity contribution is 5.98. The van der Waals surface area contributed by atoms with Gasteiger partial charge in [-0.15, -0.1) is 0 Å². The number of benzene rings is 1. The molecule has 0 saturated carbocycles. The number of carbonyl (C=O) groups excluding carboxylic acids is 2. The largest absolute Gasteiger partial charge is 0.497 e. The molecule has 1 aromatic heterocycles. The monoisotopic (exact) mass is 370 g/mol. The van der Waals surface area contributed by atoms with Gasteiger partial charge in [-0.1, -0.05) is 6.07 Å². The smallest absolute Gasteiger partial charge is 0.246 e. The van der Waals surface area contributed by atoms with Crippen molar-refractivity contribution in [3.05, 3.63) is 41.2 Å². The molecular weight excluding hydrogens is 344 g/mol. The fraction of sp³-hybridized carbons (Fsp3) is 0.450. The first-order valence-electron chi connectivity index (χ1n) is 9.15. The van der Waals surface area contributed by atoms with E-state index >= 15 is 0 Å². The average Bonchev–Trinajstić information content (AvgIpc) is 2.97. The molecule has 2 heterocycles. The van der Waals surface area contributed by atoms with Gasteiger partial charge in [-0.2, -0.15) is 5.10 Å². The number of piperazine rings is 1. The van der Waals surface area contributed by atoms with Crippen LogP contribution < -0.4 is 9.64 Å². The summed E-state index contributed by atoms with van der Waals surface area (Å²) in [5.41, 5.74) is 3.79. The highest BCUT2D eigenvalue weighted by Crippen LogP contribution is 2.26. The molecule has 1 atom stereocenters. The highest BCUT2D eigenvalue weighted by Gasteiger charge is 2.33. The number of nitrogens with one attached hydrogen (secondary N) is 1. The van der Waals surface area contributed by atoms with Crippen molar-refractivity contribution in [2.45, 2.75) is 39.7 Å². The Morgan fingerprint density at radius 1 is 1.37 bits per heavy atom. The van der Waals surface area contributed by atoms with E-state index in [2.05, 4.69) is 10.2 Å². The Balaban J connectivity index is 1.65. The summed E-state index contributed by atoms with van der Waals surface area (Å²) in [7, 11) is 1.60. The Bertz CT molecular complexity index is 826. The highest BCUT2D eigenvalue weighted by atomic mass is 16.5. The molecule has 27 heavy (non-hydrogen) atoms. The molecule has 1 N–H and O–H groups in total. The molecule has 1 unspecified atom stereocenters. The van der Waals surface area contributed by atoms with Crippen molar-refractivity contribution in [3.8, 4) is 5.75 Å². The normalized spacial score (nSPS) is 17.3. The average molecular weight is 370 g/mol. The summed E-state index contributed by atoms with van der Waals surface area (Å²) < 4.78 is 5.25. The molecule has 7 nitrogen and oxygen atoms in total. The number of anilines is 1. The Labute approximate surface area is 159 Å². The van der Waals surface area contributed by atoms with Crippen LogP contribution in [0.25, 0.3) is 0 Å². The predicted octanol–water partition coefficient (Wildman–Crippen LogP) is 2.23. The molecule has 1 aromatic carbocycles. The standard InChI is InChI=1S/C20H26N4O3/c1-13-11-23(19(25)9-8-18-14(2)21-22-15(18)3)12-20(26)24(13)16-6-5-7-17(10-16)27-4/h5-7,10,13H,8-9,11-12H2,1-4H3,(H,21,22). The van der Waals surface area contributed by atoms with Gasteiger partial charge in [-0.25, -0.2) is 0 Å². The zero-order valence-electron chi connectivity index (χ0n) is 16.3. The predicted molar refractivity (Wildman–Crippen MR) is 103 cm³/mol. The van der Waals surface area contributed by atoms with Crippen LogP contribution >= 0.6 is 0 Å². The number of H-pyrrole nitrogens is 1. The van der Waals surface area contributed by atoms with E-state index in [1.165, 1.54) is 0 Å². The summed E-state index contributed by atoms with van der Waals surface area (Å²) in [6.07, 6.45) is 1.01. The Morgan fingerprint density at radius 2 is 2.15 bits per heavy atom. The quantitative estimate of drug-likeness (QED) is 0.875. The number of carbonyl (C=O) groups is 2. The molecule has 1 saturated heterocycles. The molecule has 1 aliphatic heterocycles. The van der Waals surface area contributed by atoms with Gasteiger partial charge in [-0.05, 0) is 44.9 Å². The molecule has 0 spiro atoms. The van der Waals surface area contributed by atoms with Crippen LogP contribution in [0.2, 0.25) is 0 Å². The first kappa shape index (κ1) is 18.9. The minimum absolute atomic E-state index is 0.000456. The first-order chi connectivity index (χ1) is 12.9. The van der Waals surface area contributed by atoms with Crippen LogP contribution in [0.1, 0.15) is 30.3 Å². The summed E-state index contributed by atoms with van der Waals surface area (Å²) in [4.78, 5) is 28.8. The van der Waals surface area contributed by atoms with Gasteiger partial charge in [0.15, 0.2) is 0 Å². The Kier molecular flexibility index (Phi) is 5.48. The Hall–Kier alpha value is -2.83. The molecule has 1 aliphatic rings. The van der Waals surface area contributed by atoms with Gasteiger partial charge in [0.1, 0.15) is 12.3 Å². The summed E-state index contributed by atoms with van der Waals surface area (Å²) in [5.74, 6) is 0.628. The van der Waals surface area contributed by atoms with E-state index in [9.17, 15) is 9.59 Å². The van der Waals surface area contributed by atoms with E-state index in [1.54, 1.807) is 16.9 Å². The molecule has 0 radical (unpaired) electrons. The van der Waals surface area contributed by atoms with E-state index in [1.807, 2.05) is 45.0 Å². The van der Waals surface area contributed by atoms with Crippen LogP contribution in [0.4, 0.5) is 5.69 Å². The zero-order valence-corrected chi connectivity index (χ0v) is 16.3. The zero-order chi connectivity index (χ0) is 19.6. The summed E-state index contributed by atoms with van der Waals surface area (Å²) >= 11 is 0. The van der Waals surface area contributed by atoms with Crippen molar-refractivity contribution < 1.29 is 14.3 Å².